The molecule has 0 rings (SSSR count). The molecule has 0 amide bonds. The molecule has 0 fully saturated rings. The number of nitrogens with one attached hydrogen (secondary N) is 1. The number of thiol groups is 1. The molecule has 0 unspecified atom stereocenters. The van der Waals surface area contributed by atoms with Crippen LogP contribution in [0.25, 0.3) is 0 Å². The van der Waals surface area contributed by atoms with Crippen LogP contribution < -0.4 is 4.89 Å². The van der Waals surface area contributed by atoms with Crippen molar-refractivity contribution in [2.75, 3.05) is 0 Å². The molecule has 2 N–H and O–H groups in total. The lowest BCUT2D eigenvalue weighted by Gasteiger charge is -1.87. The predicted molar refractivity (Wildman–Crippen MR) is 21.2 cm³/mol. The normalized spacial score (nSPS) is 7.50. The minimum atomic E-state index is -1.40. The van der Waals surface area contributed by atoms with Gasteiger partial charge in [-0.15, -0.1) is 0 Å². The van der Waals surface area contributed by atoms with Gasteiger partial charge in [-0.1, -0.05) is 17.7 Å². The van der Waals surface area contributed by atoms with Crippen molar-refractivity contribution in [2.24, 2.45) is 0 Å². The molecule has 0 radical (unpaired) electrons. The standard InChI is InChI=1S/CH3NO3S/c3-1(4)5-2-6/h2,6H,(H,3,4). The maximum Gasteiger partial charge on any atom is 0.525 e. The van der Waals surface area contributed by atoms with E-state index in [1.54, 1.807) is 4.89 Å². The van der Waals surface area contributed by atoms with Crippen LogP contribution in [-0.4, -0.2) is 11.3 Å². The van der Waals surface area contributed by atoms with Crippen LogP contribution in [0.3, 0.4) is 0 Å². The molecular formula is CH3NO3S. The first-order valence-electron chi connectivity index (χ1n) is 1.06. The van der Waals surface area contributed by atoms with Gasteiger partial charge >= 0.3 is 6.16 Å². The molecule has 6 heavy (non-hydrogen) atoms. The zero-order chi connectivity index (χ0) is 4.99. The van der Waals surface area contributed by atoms with Crippen LogP contribution in [0.2, 0.25) is 0 Å². The van der Waals surface area contributed by atoms with Crippen molar-refractivity contribution in [1.82, 2.24) is 4.89 Å². The third-order valence-electron chi connectivity index (χ3n) is 0.133. The maximum absolute atomic E-state index is 9.27. The third-order valence-corrected chi connectivity index (χ3v) is 0.224. The van der Waals surface area contributed by atoms with E-state index in [4.69, 9.17) is 5.11 Å². The Morgan fingerprint density at radius 1 is 2.00 bits per heavy atom. The van der Waals surface area contributed by atoms with Crippen molar-refractivity contribution < 1.29 is 14.7 Å². The van der Waals surface area contributed by atoms with E-state index in [-0.39, 0.29) is 0 Å². The van der Waals surface area contributed by atoms with Crippen LogP contribution in [-0.2, 0) is 4.84 Å². The highest BCUT2D eigenvalue weighted by molar-refractivity contribution is 7.77. The van der Waals surface area contributed by atoms with E-state index in [9.17, 15) is 4.79 Å². The van der Waals surface area contributed by atoms with Gasteiger partial charge < -0.3 is 9.94 Å². The topological polar surface area (TPSA) is 58.6 Å². The zero-order valence-corrected chi connectivity index (χ0v) is 3.61. The highest BCUT2D eigenvalue weighted by Crippen LogP contribution is 1.66. The molecule has 0 spiro atoms. The van der Waals surface area contributed by atoms with Gasteiger partial charge in [-0.3, -0.25) is 0 Å². The Morgan fingerprint density at radius 2 is 2.50 bits per heavy atom. The Labute approximate surface area is 39.6 Å². The zero-order valence-electron chi connectivity index (χ0n) is 2.71. The molecule has 4 nitrogen and oxygen atoms in total. The highest BCUT2D eigenvalue weighted by Gasteiger charge is 1.87. The number of carbonyl (C=O) groups is 1. The molecular weight excluding hydrogens is 106 g/mol. The average Bonchev–Trinajstić information content (AvgIpc) is 1.35. The van der Waals surface area contributed by atoms with Crippen molar-refractivity contribution in [3.8, 4) is 0 Å². The summed E-state index contributed by atoms with van der Waals surface area (Å²) in [4.78, 5) is 14.5. The lowest BCUT2D eigenvalue weighted by Crippen LogP contribution is -2.06. The van der Waals surface area contributed by atoms with Gasteiger partial charge in [0.25, 0.3) is 0 Å². The summed E-state index contributed by atoms with van der Waals surface area (Å²) in [6, 6.07) is 0. The molecule has 0 heterocycles. The second kappa shape index (κ2) is 2.80. The largest absolute Gasteiger partial charge is 0.525 e. The minimum Gasteiger partial charge on any atom is -0.448 e. The second-order valence-electron chi connectivity index (χ2n) is 0.459. The summed E-state index contributed by atoms with van der Waals surface area (Å²) in [5.41, 5.74) is 0. The van der Waals surface area contributed by atoms with Gasteiger partial charge in [0.1, 0.15) is 0 Å². The molecule has 0 aromatic heterocycles. The van der Waals surface area contributed by atoms with Crippen molar-refractivity contribution in [3.05, 3.63) is 0 Å². The molecule has 0 aliphatic heterocycles. The molecule has 0 bridgehead atoms. The molecule has 0 aromatic carbocycles. The lowest BCUT2D eigenvalue weighted by molar-refractivity contribution is 0.0769. The first kappa shape index (κ1) is 5.58. The van der Waals surface area contributed by atoms with Gasteiger partial charge in [0.15, 0.2) is 0 Å². The Hall–Kier alpha value is -0.420. The monoisotopic (exact) mass is 109 g/mol. The third kappa shape index (κ3) is 3.58. The number of hydrogen-bond acceptors (Lipinski definition) is 4. The van der Waals surface area contributed by atoms with Gasteiger partial charge in [-0.2, -0.15) is 0 Å². The second-order valence-corrected chi connectivity index (χ2v) is 0.642. The first-order valence-corrected chi connectivity index (χ1v) is 1.51. The average molecular weight is 109 g/mol. The number of rotatable bonds is 1. The van der Waals surface area contributed by atoms with E-state index in [2.05, 4.69) is 17.7 Å². The summed E-state index contributed by atoms with van der Waals surface area (Å²) < 4.78 is 0. The molecule has 5 heteroatoms. The Bertz CT molecular complexity index is 54.8. The van der Waals surface area contributed by atoms with Crippen LogP contribution in [0.4, 0.5) is 4.79 Å². The van der Waals surface area contributed by atoms with Crippen LogP contribution >= 0.6 is 12.8 Å². The maximum atomic E-state index is 9.27. The van der Waals surface area contributed by atoms with Crippen molar-refractivity contribution in [2.45, 2.75) is 0 Å². The van der Waals surface area contributed by atoms with E-state index in [0.717, 1.165) is 0 Å². The van der Waals surface area contributed by atoms with Crippen LogP contribution in [0, 0.1) is 0 Å². The van der Waals surface area contributed by atoms with Crippen molar-refractivity contribution >= 4 is 19.0 Å². The Kier molecular flexibility index (Phi) is 2.60. The minimum absolute atomic E-state index is 1.40. The summed E-state index contributed by atoms with van der Waals surface area (Å²) in [5.74, 6) is 0. The van der Waals surface area contributed by atoms with Crippen LogP contribution in [0.15, 0.2) is 0 Å². The highest BCUT2D eigenvalue weighted by atomic mass is 32.1. The predicted octanol–water partition coefficient (Wildman–Crippen LogP) is 0.0304. The fourth-order valence-electron chi connectivity index (χ4n) is 0.0390. The van der Waals surface area contributed by atoms with E-state index < -0.39 is 6.16 Å². The van der Waals surface area contributed by atoms with Gasteiger partial charge in [-0.05, 0) is 0 Å². The van der Waals surface area contributed by atoms with Gasteiger partial charge in [-0.25, -0.2) is 4.79 Å². The smallest absolute Gasteiger partial charge is 0.448 e. The number of carboxylic acid groups (broad SMARTS) is 1. The molecule has 0 saturated heterocycles. The van der Waals surface area contributed by atoms with Gasteiger partial charge in [0.2, 0.25) is 0 Å². The van der Waals surface area contributed by atoms with Gasteiger partial charge in [0.05, 0.1) is 0 Å². The van der Waals surface area contributed by atoms with E-state index >= 15 is 0 Å². The Balaban J connectivity index is 2.83. The van der Waals surface area contributed by atoms with E-state index in [1.165, 1.54) is 0 Å². The summed E-state index contributed by atoms with van der Waals surface area (Å²) in [6.07, 6.45) is -1.40. The van der Waals surface area contributed by atoms with E-state index in [0.29, 0.717) is 0 Å². The first-order chi connectivity index (χ1) is 2.77. The molecule has 0 aromatic rings. The SMILES string of the molecule is O=C(O)ONS. The molecule has 0 atom stereocenters. The molecule has 0 saturated carbocycles. The van der Waals surface area contributed by atoms with Crippen molar-refractivity contribution in [1.29, 1.82) is 0 Å². The summed E-state index contributed by atoms with van der Waals surface area (Å²) in [6.45, 7) is 0. The summed E-state index contributed by atoms with van der Waals surface area (Å²) >= 11 is 3.21. The van der Waals surface area contributed by atoms with Crippen LogP contribution in [0.1, 0.15) is 0 Å². The van der Waals surface area contributed by atoms with E-state index in [1.807, 2.05) is 0 Å². The quantitative estimate of drug-likeness (QED) is 0.328. The van der Waals surface area contributed by atoms with Gasteiger partial charge in [0, 0.05) is 0 Å². The summed E-state index contributed by atoms with van der Waals surface area (Å²) in [7, 11) is 0. The lowest BCUT2D eigenvalue weighted by atomic mass is 11.4. The summed E-state index contributed by atoms with van der Waals surface area (Å²) in [5, 5.41) is 7.58. The molecule has 36 valence electrons. The fourth-order valence-corrected chi connectivity index (χ4v) is 0.117. The fraction of sp³-hybridized carbons (Fsp3) is 0. The van der Waals surface area contributed by atoms with Crippen molar-refractivity contribution in [3.63, 3.8) is 0 Å². The molecule has 0 aliphatic carbocycles. The van der Waals surface area contributed by atoms with Crippen LogP contribution in [0.5, 0.6) is 0 Å². The Morgan fingerprint density at radius 3 is 2.50 bits per heavy atom. The molecule has 0 aliphatic rings. The number of hydrogen-bond donors (Lipinski definition) is 3.